The van der Waals surface area contributed by atoms with E-state index >= 15 is 0 Å². The van der Waals surface area contributed by atoms with Crippen molar-refractivity contribution in [2.75, 3.05) is 13.2 Å². The summed E-state index contributed by atoms with van der Waals surface area (Å²) in [5.41, 5.74) is 5.38. The molecular formula is C26H30N4O2S2. The normalized spacial score (nSPS) is 13.4. The molecule has 4 aromatic rings. The maximum atomic E-state index is 10.1. The first-order valence-corrected chi connectivity index (χ1v) is 13.2. The molecule has 4 rings (SSSR count). The van der Waals surface area contributed by atoms with Crippen LogP contribution in [0.1, 0.15) is 23.7 Å². The number of nitrogens with one attached hydrogen (secondary N) is 1. The SMILES string of the molecule is Cc1c(SC(C)N(Cc2ccccc2)CC(O)CO)ccnc1CSc1nc2ccccc2[nH]1. The van der Waals surface area contributed by atoms with E-state index < -0.39 is 6.10 Å². The molecule has 0 aliphatic heterocycles. The smallest absolute Gasteiger partial charge is 0.166 e. The Morgan fingerprint density at radius 1 is 1.06 bits per heavy atom. The maximum Gasteiger partial charge on any atom is 0.166 e. The quantitative estimate of drug-likeness (QED) is 0.203. The number of fused-ring (bicyclic) bond motifs is 1. The van der Waals surface area contributed by atoms with Crippen LogP contribution in [0.25, 0.3) is 11.0 Å². The highest BCUT2D eigenvalue weighted by atomic mass is 32.2. The minimum Gasteiger partial charge on any atom is -0.394 e. The summed E-state index contributed by atoms with van der Waals surface area (Å²) in [6.07, 6.45) is 1.09. The molecule has 0 bridgehead atoms. The van der Waals surface area contributed by atoms with Crippen molar-refractivity contribution >= 4 is 34.6 Å². The molecule has 0 amide bonds. The molecule has 3 N–H and O–H groups in total. The van der Waals surface area contributed by atoms with Gasteiger partial charge in [-0.05, 0) is 43.2 Å². The number of pyridine rings is 1. The standard InChI is InChI=1S/C26H30N4O2S2/c1-18-24(17-33-26-28-22-10-6-7-11-23(22)29-26)27-13-12-25(18)34-19(2)30(15-21(32)16-31)14-20-8-4-3-5-9-20/h3-13,19,21,31-32H,14-17H2,1-2H3,(H,28,29). The first kappa shape index (κ1) is 24.8. The molecule has 0 saturated heterocycles. The topological polar surface area (TPSA) is 85.3 Å². The number of H-pyrrole nitrogens is 1. The third kappa shape index (κ3) is 6.40. The molecule has 2 atom stereocenters. The van der Waals surface area contributed by atoms with Gasteiger partial charge in [-0.15, -0.1) is 11.8 Å². The van der Waals surface area contributed by atoms with Crippen LogP contribution in [0, 0.1) is 6.92 Å². The molecule has 2 unspecified atom stereocenters. The highest BCUT2D eigenvalue weighted by molar-refractivity contribution is 8.00. The summed E-state index contributed by atoms with van der Waals surface area (Å²) >= 11 is 3.40. The van der Waals surface area contributed by atoms with Gasteiger partial charge in [-0.1, -0.05) is 54.2 Å². The van der Waals surface area contributed by atoms with Gasteiger partial charge in [0.1, 0.15) is 0 Å². The lowest BCUT2D eigenvalue weighted by molar-refractivity contribution is 0.0548. The van der Waals surface area contributed by atoms with E-state index in [-0.39, 0.29) is 12.0 Å². The van der Waals surface area contributed by atoms with Crippen LogP contribution in [0.4, 0.5) is 0 Å². The number of hydrogen-bond donors (Lipinski definition) is 3. The van der Waals surface area contributed by atoms with Gasteiger partial charge >= 0.3 is 0 Å². The third-order valence-electron chi connectivity index (χ3n) is 5.67. The van der Waals surface area contributed by atoms with Gasteiger partial charge in [0.05, 0.1) is 34.8 Å². The average molecular weight is 495 g/mol. The summed E-state index contributed by atoms with van der Waals surface area (Å²) in [6.45, 7) is 5.10. The number of imidazole rings is 1. The van der Waals surface area contributed by atoms with E-state index in [1.54, 1.807) is 23.5 Å². The van der Waals surface area contributed by atoms with Crippen molar-refractivity contribution in [1.82, 2.24) is 19.9 Å². The number of benzene rings is 2. The number of aromatic nitrogens is 3. The van der Waals surface area contributed by atoms with Crippen LogP contribution < -0.4 is 0 Å². The van der Waals surface area contributed by atoms with Crippen LogP contribution in [0.5, 0.6) is 0 Å². The van der Waals surface area contributed by atoms with E-state index in [0.717, 1.165) is 33.2 Å². The molecule has 0 spiro atoms. The zero-order valence-electron chi connectivity index (χ0n) is 19.4. The van der Waals surface area contributed by atoms with Crippen molar-refractivity contribution in [2.45, 2.75) is 47.7 Å². The first-order chi connectivity index (χ1) is 16.5. The fourth-order valence-electron chi connectivity index (χ4n) is 3.71. The van der Waals surface area contributed by atoms with Gasteiger partial charge in [0.25, 0.3) is 0 Å². The lowest BCUT2D eigenvalue weighted by Crippen LogP contribution is -2.38. The van der Waals surface area contributed by atoms with Gasteiger partial charge in [-0.2, -0.15) is 0 Å². The zero-order valence-corrected chi connectivity index (χ0v) is 21.0. The summed E-state index contributed by atoms with van der Waals surface area (Å²) in [4.78, 5) is 16.0. The molecular weight excluding hydrogens is 464 g/mol. The summed E-state index contributed by atoms with van der Waals surface area (Å²) in [5, 5.41) is 20.5. The van der Waals surface area contributed by atoms with Gasteiger partial charge < -0.3 is 15.2 Å². The number of aliphatic hydroxyl groups is 2. The predicted molar refractivity (Wildman–Crippen MR) is 140 cm³/mol. The lowest BCUT2D eigenvalue weighted by atomic mass is 10.2. The minimum atomic E-state index is -0.777. The van der Waals surface area contributed by atoms with E-state index in [9.17, 15) is 10.2 Å². The van der Waals surface area contributed by atoms with E-state index in [2.05, 4.69) is 51.9 Å². The number of rotatable bonds is 11. The predicted octanol–water partition coefficient (Wildman–Crippen LogP) is 4.85. The Morgan fingerprint density at radius 2 is 1.82 bits per heavy atom. The summed E-state index contributed by atoms with van der Waals surface area (Å²) in [5.74, 6) is 0.728. The second kappa shape index (κ2) is 11.9. The molecule has 0 fully saturated rings. The van der Waals surface area contributed by atoms with Crippen LogP contribution in [-0.2, 0) is 12.3 Å². The minimum absolute atomic E-state index is 0.0957. The average Bonchev–Trinajstić information content (AvgIpc) is 3.27. The fourth-order valence-corrected chi connectivity index (χ4v) is 5.73. The third-order valence-corrected chi connectivity index (χ3v) is 7.89. The van der Waals surface area contributed by atoms with E-state index in [1.807, 2.05) is 48.7 Å². The van der Waals surface area contributed by atoms with Crippen molar-refractivity contribution < 1.29 is 10.2 Å². The summed E-state index contributed by atoms with van der Waals surface area (Å²) in [7, 11) is 0. The Balaban J connectivity index is 1.45. The number of hydrogen-bond acceptors (Lipinski definition) is 7. The van der Waals surface area contributed by atoms with Crippen molar-refractivity contribution in [3.8, 4) is 0 Å². The van der Waals surface area contributed by atoms with E-state index in [0.29, 0.717) is 13.1 Å². The highest BCUT2D eigenvalue weighted by Gasteiger charge is 2.20. The molecule has 0 saturated carbocycles. The largest absolute Gasteiger partial charge is 0.394 e. The number of nitrogens with zero attached hydrogens (tertiary/aromatic N) is 3. The monoisotopic (exact) mass is 494 g/mol. The molecule has 2 aromatic heterocycles. The second-order valence-corrected chi connectivity index (χ2v) is 10.5. The lowest BCUT2D eigenvalue weighted by Gasteiger charge is -2.30. The molecule has 2 heterocycles. The number of aromatic amines is 1. The van der Waals surface area contributed by atoms with Gasteiger partial charge in [0.2, 0.25) is 0 Å². The Kier molecular flexibility index (Phi) is 8.64. The van der Waals surface area contributed by atoms with Gasteiger partial charge in [0, 0.05) is 29.9 Å². The van der Waals surface area contributed by atoms with Gasteiger partial charge in [0.15, 0.2) is 5.16 Å². The van der Waals surface area contributed by atoms with Gasteiger partial charge in [-0.25, -0.2) is 4.98 Å². The van der Waals surface area contributed by atoms with Crippen molar-refractivity contribution in [3.63, 3.8) is 0 Å². The number of thioether (sulfide) groups is 2. The Bertz CT molecular complexity index is 1170. The molecule has 0 aliphatic carbocycles. The molecule has 178 valence electrons. The van der Waals surface area contributed by atoms with Crippen molar-refractivity contribution in [1.29, 1.82) is 0 Å². The Labute approximate surface area is 208 Å². The fraction of sp³-hybridized carbons (Fsp3) is 0.308. The zero-order chi connectivity index (χ0) is 23.9. The second-order valence-electron chi connectivity index (χ2n) is 8.20. The molecule has 2 aromatic carbocycles. The first-order valence-electron chi connectivity index (χ1n) is 11.3. The van der Waals surface area contributed by atoms with Crippen LogP contribution >= 0.6 is 23.5 Å². The van der Waals surface area contributed by atoms with Crippen LogP contribution in [0.2, 0.25) is 0 Å². The summed E-state index contributed by atoms with van der Waals surface area (Å²) < 4.78 is 0. The maximum absolute atomic E-state index is 10.1. The molecule has 0 radical (unpaired) electrons. The number of para-hydroxylation sites is 2. The highest BCUT2D eigenvalue weighted by Crippen LogP contribution is 2.32. The van der Waals surface area contributed by atoms with Crippen molar-refractivity contribution in [3.05, 3.63) is 83.7 Å². The number of aliphatic hydroxyl groups excluding tert-OH is 2. The van der Waals surface area contributed by atoms with E-state index in [1.165, 1.54) is 10.5 Å². The van der Waals surface area contributed by atoms with Crippen LogP contribution in [0.15, 0.2) is 76.9 Å². The van der Waals surface area contributed by atoms with Crippen LogP contribution in [-0.4, -0.2) is 54.7 Å². The van der Waals surface area contributed by atoms with Gasteiger partial charge in [-0.3, -0.25) is 9.88 Å². The molecule has 8 heteroatoms. The molecule has 0 aliphatic rings. The molecule has 34 heavy (non-hydrogen) atoms. The molecule has 6 nitrogen and oxygen atoms in total. The Hall–Kier alpha value is -2.36. The van der Waals surface area contributed by atoms with E-state index in [4.69, 9.17) is 0 Å². The Morgan fingerprint density at radius 3 is 2.59 bits per heavy atom. The summed E-state index contributed by atoms with van der Waals surface area (Å²) in [6, 6.07) is 20.3. The van der Waals surface area contributed by atoms with Crippen molar-refractivity contribution in [2.24, 2.45) is 0 Å². The van der Waals surface area contributed by atoms with Crippen LogP contribution in [0.3, 0.4) is 0 Å².